The Hall–Kier alpha value is -2.36. The number of aryl methyl sites for hydroxylation is 3. The molecule has 0 bridgehead atoms. The van der Waals surface area contributed by atoms with Crippen LogP contribution < -0.4 is 0 Å². The largest absolute Gasteiger partial charge is 0.418 e. The van der Waals surface area contributed by atoms with E-state index >= 15 is 0 Å². The maximum absolute atomic E-state index is 12.9. The number of nitriles is 1. The van der Waals surface area contributed by atoms with Crippen molar-refractivity contribution in [3.63, 3.8) is 0 Å². The van der Waals surface area contributed by atoms with Crippen LogP contribution in [0.4, 0.5) is 13.2 Å². The van der Waals surface area contributed by atoms with E-state index in [4.69, 9.17) is 5.26 Å². The molecule has 0 unspecified atom stereocenters. The van der Waals surface area contributed by atoms with Crippen molar-refractivity contribution in [2.45, 2.75) is 34.4 Å². The first-order chi connectivity index (χ1) is 9.66. The van der Waals surface area contributed by atoms with Gasteiger partial charge in [-0.3, -0.25) is 9.67 Å². The quantitative estimate of drug-likeness (QED) is 0.802. The van der Waals surface area contributed by atoms with Gasteiger partial charge in [-0.15, -0.1) is 0 Å². The lowest BCUT2D eigenvalue weighted by atomic mass is 10.0. The summed E-state index contributed by atoms with van der Waals surface area (Å²) in [6.45, 7) is 4.57. The summed E-state index contributed by atoms with van der Waals surface area (Å²) in [4.78, 5) is 4.05. The van der Waals surface area contributed by atoms with Crippen LogP contribution in [0.2, 0.25) is 0 Å². The Kier molecular flexibility index (Phi) is 4.66. The molecule has 22 heavy (non-hydrogen) atoms. The summed E-state index contributed by atoms with van der Waals surface area (Å²) in [6.07, 6.45) is -4.43. The highest BCUT2D eigenvalue weighted by Gasteiger charge is 2.34. The molecule has 4 nitrogen and oxygen atoms in total. The molecule has 0 aliphatic heterocycles. The number of hydrogen-bond acceptors (Lipinski definition) is 3. The number of halogens is 3. The van der Waals surface area contributed by atoms with Gasteiger partial charge in [0.1, 0.15) is 17.5 Å². The molecule has 0 aliphatic rings. The van der Waals surface area contributed by atoms with Crippen molar-refractivity contribution in [3.05, 3.63) is 34.1 Å². The zero-order valence-electron chi connectivity index (χ0n) is 12.0. The molecule has 0 amide bonds. The minimum atomic E-state index is -4.43. The van der Waals surface area contributed by atoms with Crippen LogP contribution in [0, 0.1) is 32.1 Å². The molecule has 0 saturated heterocycles. The number of nitrogens with zero attached hydrogens (tertiary/aromatic N) is 4. The maximum Gasteiger partial charge on any atom is 0.418 e. The van der Waals surface area contributed by atoms with Gasteiger partial charge in [-0.2, -0.15) is 23.5 Å². The van der Waals surface area contributed by atoms with Gasteiger partial charge in [0.05, 0.1) is 17.0 Å². The second-order valence-electron chi connectivity index (χ2n) is 4.84. The molecule has 0 atom stereocenters. The van der Waals surface area contributed by atoms with Crippen LogP contribution in [0.15, 0.2) is 6.07 Å². The number of rotatable bonds is 1. The van der Waals surface area contributed by atoms with Gasteiger partial charge >= 0.3 is 6.18 Å². The number of aromatic nitrogens is 3. The average molecular weight is 310 g/mol. The Labute approximate surface area is 127 Å². The van der Waals surface area contributed by atoms with E-state index < -0.39 is 11.7 Å². The molecular weight excluding hydrogens is 293 g/mol. The lowest BCUT2D eigenvalue weighted by molar-refractivity contribution is -0.138. The Morgan fingerprint density at radius 2 is 1.77 bits per heavy atom. The summed E-state index contributed by atoms with van der Waals surface area (Å²) >= 11 is 0. The van der Waals surface area contributed by atoms with E-state index in [-0.39, 0.29) is 13.1 Å². The third kappa shape index (κ3) is 2.82. The monoisotopic (exact) mass is 310 g/mol. The van der Waals surface area contributed by atoms with Gasteiger partial charge in [-0.1, -0.05) is 7.43 Å². The molecule has 2 aromatic heterocycles. The smallest absolute Gasteiger partial charge is 0.257 e. The van der Waals surface area contributed by atoms with Gasteiger partial charge in [0.25, 0.3) is 0 Å². The summed E-state index contributed by atoms with van der Waals surface area (Å²) in [6, 6.07) is 3.08. The summed E-state index contributed by atoms with van der Waals surface area (Å²) < 4.78 is 40.0. The van der Waals surface area contributed by atoms with Crippen molar-refractivity contribution in [2.75, 3.05) is 0 Å². The molecule has 0 aliphatic carbocycles. The van der Waals surface area contributed by atoms with Gasteiger partial charge in [0.2, 0.25) is 0 Å². The normalized spacial score (nSPS) is 11.0. The lowest BCUT2D eigenvalue weighted by Crippen LogP contribution is -2.10. The Morgan fingerprint density at radius 1 is 1.18 bits per heavy atom. The van der Waals surface area contributed by atoms with Gasteiger partial charge in [-0.25, -0.2) is 0 Å². The van der Waals surface area contributed by atoms with E-state index in [2.05, 4.69) is 10.1 Å². The van der Waals surface area contributed by atoms with Crippen molar-refractivity contribution < 1.29 is 13.2 Å². The first-order valence-corrected chi connectivity index (χ1v) is 6.16. The summed E-state index contributed by atoms with van der Waals surface area (Å²) in [7, 11) is 1.61. The minimum Gasteiger partial charge on any atom is -0.257 e. The van der Waals surface area contributed by atoms with Crippen LogP contribution in [0.3, 0.4) is 0 Å². The standard InChI is InChI=1S/C14H13F3N4.CH4/c1-7-5-10(14(15,16)17)9(3)19-12(7)13-8(2)11(6-18)21(4)20-13;/h5H,1-4H3;1H4. The minimum absolute atomic E-state index is 0. The first kappa shape index (κ1) is 17.7. The summed E-state index contributed by atoms with van der Waals surface area (Å²) in [5.74, 6) is 0. The highest BCUT2D eigenvalue weighted by molar-refractivity contribution is 5.65. The van der Waals surface area contributed by atoms with Crippen LogP contribution >= 0.6 is 0 Å². The fourth-order valence-electron chi connectivity index (χ4n) is 2.24. The highest BCUT2D eigenvalue weighted by atomic mass is 19.4. The van der Waals surface area contributed by atoms with E-state index in [1.807, 2.05) is 6.07 Å². The molecule has 2 rings (SSSR count). The molecule has 0 N–H and O–H groups in total. The third-order valence-electron chi connectivity index (χ3n) is 3.32. The van der Waals surface area contributed by atoms with Crippen molar-refractivity contribution in [2.24, 2.45) is 7.05 Å². The van der Waals surface area contributed by atoms with E-state index in [0.717, 1.165) is 6.07 Å². The predicted octanol–water partition coefficient (Wildman–Crippen LogP) is 3.93. The van der Waals surface area contributed by atoms with Gasteiger partial charge in [-0.05, 0) is 32.4 Å². The molecular formula is C15H17F3N4. The van der Waals surface area contributed by atoms with Crippen LogP contribution in [0.5, 0.6) is 0 Å². The van der Waals surface area contributed by atoms with E-state index in [1.54, 1.807) is 20.9 Å². The van der Waals surface area contributed by atoms with Gasteiger partial charge < -0.3 is 0 Å². The Balaban J connectivity index is 0.00000242. The lowest BCUT2D eigenvalue weighted by Gasteiger charge is -2.13. The van der Waals surface area contributed by atoms with Crippen molar-refractivity contribution in [1.82, 2.24) is 14.8 Å². The number of hydrogen-bond donors (Lipinski definition) is 0. The molecule has 2 aromatic rings. The van der Waals surface area contributed by atoms with Crippen molar-refractivity contribution in [3.8, 4) is 17.5 Å². The Morgan fingerprint density at radius 3 is 2.23 bits per heavy atom. The van der Waals surface area contributed by atoms with Crippen LogP contribution in [0.1, 0.15) is 35.5 Å². The molecule has 0 saturated carbocycles. The second kappa shape index (κ2) is 5.79. The number of alkyl halides is 3. The zero-order valence-corrected chi connectivity index (χ0v) is 12.0. The highest BCUT2D eigenvalue weighted by Crippen LogP contribution is 2.34. The zero-order chi connectivity index (χ0) is 15.9. The molecule has 0 radical (unpaired) electrons. The molecule has 7 heteroatoms. The van der Waals surface area contributed by atoms with Crippen molar-refractivity contribution >= 4 is 0 Å². The predicted molar refractivity (Wildman–Crippen MR) is 77.1 cm³/mol. The first-order valence-electron chi connectivity index (χ1n) is 6.16. The van der Waals surface area contributed by atoms with E-state index in [0.29, 0.717) is 28.2 Å². The maximum atomic E-state index is 12.9. The molecule has 2 heterocycles. The van der Waals surface area contributed by atoms with Crippen LogP contribution in [-0.2, 0) is 13.2 Å². The Bertz CT molecular complexity index is 752. The fourth-order valence-corrected chi connectivity index (χ4v) is 2.24. The van der Waals surface area contributed by atoms with Crippen LogP contribution in [0.25, 0.3) is 11.4 Å². The summed E-state index contributed by atoms with van der Waals surface area (Å²) in [5, 5.41) is 13.2. The van der Waals surface area contributed by atoms with Gasteiger partial charge in [0.15, 0.2) is 0 Å². The van der Waals surface area contributed by atoms with E-state index in [1.165, 1.54) is 11.6 Å². The third-order valence-corrected chi connectivity index (χ3v) is 3.32. The van der Waals surface area contributed by atoms with E-state index in [9.17, 15) is 13.2 Å². The SMILES string of the molecule is C.Cc1cc(C(F)(F)F)c(C)nc1-c1nn(C)c(C#N)c1C. The second-order valence-corrected chi connectivity index (χ2v) is 4.84. The number of pyridine rings is 1. The molecule has 0 fully saturated rings. The molecule has 118 valence electrons. The van der Waals surface area contributed by atoms with Gasteiger partial charge in [0, 0.05) is 12.6 Å². The topological polar surface area (TPSA) is 54.5 Å². The van der Waals surface area contributed by atoms with Crippen LogP contribution in [-0.4, -0.2) is 14.8 Å². The fraction of sp³-hybridized carbons (Fsp3) is 0.400. The summed E-state index contributed by atoms with van der Waals surface area (Å²) in [5.41, 5.74) is 1.29. The average Bonchev–Trinajstić information content (AvgIpc) is 2.65. The molecule has 0 aromatic carbocycles. The molecule has 0 spiro atoms. The van der Waals surface area contributed by atoms with Crippen molar-refractivity contribution in [1.29, 1.82) is 5.26 Å².